The van der Waals surface area contributed by atoms with E-state index < -0.39 is 0 Å². The molecule has 0 aliphatic rings. The van der Waals surface area contributed by atoms with Crippen LogP contribution in [-0.4, -0.2) is 9.55 Å². The zero-order valence-corrected chi connectivity index (χ0v) is 22.3. The summed E-state index contributed by atoms with van der Waals surface area (Å²) in [4.78, 5) is 5.26. The van der Waals surface area contributed by atoms with Crippen LogP contribution >= 0.6 is 0 Å². The van der Waals surface area contributed by atoms with E-state index in [-0.39, 0.29) is 0 Å². The van der Waals surface area contributed by atoms with Gasteiger partial charge in [0, 0.05) is 16.2 Å². The first-order valence-corrected chi connectivity index (χ1v) is 14.1. The maximum atomic E-state index is 5.26. The van der Waals surface area contributed by atoms with Crippen molar-refractivity contribution in [2.24, 2.45) is 0 Å². The maximum Gasteiger partial charge on any atom is 0.138 e. The molecular weight excluding hydrogens is 496 g/mol. The van der Waals surface area contributed by atoms with Gasteiger partial charge in [0.15, 0.2) is 0 Å². The van der Waals surface area contributed by atoms with Gasteiger partial charge in [0.05, 0.1) is 16.6 Å². The molecule has 2 heterocycles. The third-order valence-corrected chi connectivity index (χ3v) is 8.57. The van der Waals surface area contributed by atoms with Gasteiger partial charge in [-0.3, -0.25) is 4.57 Å². The lowest BCUT2D eigenvalue weighted by molar-refractivity contribution is 1.10. The molecule has 7 aromatic carbocycles. The molecule has 2 nitrogen and oxygen atoms in total. The summed E-state index contributed by atoms with van der Waals surface area (Å²) in [6, 6.07) is 52.4. The van der Waals surface area contributed by atoms with Gasteiger partial charge in [0.1, 0.15) is 5.82 Å². The molecule has 0 aliphatic carbocycles. The Kier molecular flexibility index (Phi) is 4.64. The monoisotopic (exact) mass is 520 g/mol. The normalized spacial score (nSPS) is 11.9. The van der Waals surface area contributed by atoms with E-state index in [1.807, 2.05) is 0 Å². The summed E-state index contributed by atoms with van der Waals surface area (Å²) < 4.78 is 2.34. The standard InChI is InChI=1S/C39H24N2/c1-2-11-25(12-3-1)26-18-10-19-36-31(26)21-22-39(40-36)41-37-20-9-8-17-32(37)35-23-33-29-15-6-4-13-27(29)28-14-5-7-16-30(28)34(33)24-38(35)41/h1-24H. The second kappa shape index (κ2) is 8.51. The van der Waals surface area contributed by atoms with Crippen molar-refractivity contribution in [3.05, 3.63) is 146 Å². The second-order valence-electron chi connectivity index (χ2n) is 10.8. The Morgan fingerprint density at radius 1 is 0.366 bits per heavy atom. The van der Waals surface area contributed by atoms with Crippen molar-refractivity contribution in [2.45, 2.75) is 0 Å². The third-order valence-electron chi connectivity index (χ3n) is 8.57. The molecule has 9 rings (SSSR count). The first-order valence-electron chi connectivity index (χ1n) is 14.1. The summed E-state index contributed by atoms with van der Waals surface area (Å²) in [6.45, 7) is 0. The van der Waals surface area contributed by atoms with Crippen molar-refractivity contribution in [3.8, 4) is 16.9 Å². The summed E-state index contributed by atoms with van der Waals surface area (Å²) in [5.41, 5.74) is 5.73. The number of hydrogen-bond donors (Lipinski definition) is 0. The summed E-state index contributed by atoms with van der Waals surface area (Å²) >= 11 is 0. The highest BCUT2D eigenvalue weighted by atomic mass is 15.1. The van der Waals surface area contributed by atoms with E-state index in [1.165, 1.54) is 59.7 Å². The number of benzene rings is 7. The molecule has 0 saturated carbocycles. The number of aromatic nitrogens is 2. The molecule has 0 N–H and O–H groups in total. The average molecular weight is 521 g/mol. The minimum atomic E-state index is 0.929. The van der Waals surface area contributed by atoms with Crippen LogP contribution < -0.4 is 0 Å². The van der Waals surface area contributed by atoms with E-state index >= 15 is 0 Å². The Hall–Kier alpha value is -5.47. The number of nitrogens with zero attached hydrogens (tertiary/aromatic N) is 2. The Labute approximate surface area is 236 Å². The zero-order valence-electron chi connectivity index (χ0n) is 22.3. The van der Waals surface area contributed by atoms with Crippen LogP contribution in [0.3, 0.4) is 0 Å². The molecule has 0 aliphatic heterocycles. The maximum absolute atomic E-state index is 5.26. The van der Waals surface area contributed by atoms with Crippen molar-refractivity contribution in [1.29, 1.82) is 0 Å². The predicted molar refractivity (Wildman–Crippen MR) is 174 cm³/mol. The van der Waals surface area contributed by atoms with E-state index in [2.05, 4.69) is 150 Å². The largest absolute Gasteiger partial charge is 0.294 e. The van der Waals surface area contributed by atoms with Gasteiger partial charge in [0.2, 0.25) is 0 Å². The van der Waals surface area contributed by atoms with E-state index in [0.717, 1.165) is 22.2 Å². The number of para-hydroxylation sites is 1. The molecule has 0 unspecified atom stereocenters. The number of hydrogen-bond acceptors (Lipinski definition) is 1. The average Bonchev–Trinajstić information content (AvgIpc) is 3.37. The topological polar surface area (TPSA) is 17.8 Å². The number of fused-ring (bicyclic) bond motifs is 10. The molecule has 0 saturated heterocycles. The third kappa shape index (κ3) is 3.22. The summed E-state index contributed by atoms with van der Waals surface area (Å²) in [6.07, 6.45) is 0. The van der Waals surface area contributed by atoms with Gasteiger partial charge in [0.25, 0.3) is 0 Å². The van der Waals surface area contributed by atoms with Crippen molar-refractivity contribution >= 4 is 65.0 Å². The van der Waals surface area contributed by atoms with Crippen molar-refractivity contribution in [1.82, 2.24) is 9.55 Å². The highest BCUT2D eigenvalue weighted by molar-refractivity contribution is 6.28. The fourth-order valence-corrected chi connectivity index (χ4v) is 6.75. The van der Waals surface area contributed by atoms with Crippen LogP contribution in [0.15, 0.2) is 146 Å². The Morgan fingerprint density at radius 2 is 0.976 bits per heavy atom. The van der Waals surface area contributed by atoms with Gasteiger partial charge in [-0.2, -0.15) is 0 Å². The molecular formula is C39H24N2. The van der Waals surface area contributed by atoms with Gasteiger partial charge < -0.3 is 0 Å². The molecule has 0 bridgehead atoms. The summed E-state index contributed by atoms with van der Waals surface area (Å²) in [7, 11) is 0. The van der Waals surface area contributed by atoms with Crippen LogP contribution in [-0.2, 0) is 0 Å². The van der Waals surface area contributed by atoms with Gasteiger partial charge in [-0.05, 0) is 79.8 Å². The molecule has 41 heavy (non-hydrogen) atoms. The molecule has 9 aromatic rings. The zero-order chi connectivity index (χ0) is 26.9. The van der Waals surface area contributed by atoms with Crippen molar-refractivity contribution < 1.29 is 0 Å². The Balaban J connectivity index is 1.39. The lowest BCUT2D eigenvalue weighted by atomic mass is 9.93. The fraction of sp³-hybridized carbons (Fsp3) is 0. The van der Waals surface area contributed by atoms with E-state index in [9.17, 15) is 0 Å². The van der Waals surface area contributed by atoms with Crippen molar-refractivity contribution in [2.75, 3.05) is 0 Å². The van der Waals surface area contributed by atoms with Crippen LogP contribution in [0, 0.1) is 0 Å². The fourth-order valence-electron chi connectivity index (χ4n) is 6.75. The van der Waals surface area contributed by atoms with Crippen LogP contribution in [0.5, 0.6) is 0 Å². The second-order valence-corrected chi connectivity index (χ2v) is 10.8. The molecule has 2 aromatic heterocycles. The molecule has 0 amide bonds. The highest BCUT2D eigenvalue weighted by Gasteiger charge is 2.17. The smallest absolute Gasteiger partial charge is 0.138 e. The van der Waals surface area contributed by atoms with Gasteiger partial charge in [-0.25, -0.2) is 4.98 Å². The molecule has 190 valence electrons. The van der Waals surface area contributed by atoms with Crippen LogP contribution in [0.25, 0.3) is 82.0 Å². The molecule has 2 heteroatoms. The minimum absolute atomic E-state index is 0.929. The Bertz CT molecular complexity index is 2470. The Morgan fingerprint density at radius 3 is 1.71 bits per heavy atom. The summed E-state index contributed by atoms with van der Waals surface area (Å²) in [5, 5.41) is 11.3. The first-order chi connectivity index (χ1) is 20.3. The van der Waals surface area contributed by atoms with E-state index in [1.54, 1.807) is 0 Å². The highest BCUT2D eigenvalue weighted by Crippen LogP contribution is 2.41. The lowest BCUT2D eigenvalue weighted by Gasteiger charge is -2.13. The van der Waals surface area contributed by atoms with E-state index in [0.29, 0.717) is 0 Å². The molecule has 0 radical (unpaired) electrons. The summed E-state index contributed by atoms with van der Waals surface area (Å²) in [5.74, 6) is 0.929. The van der Waals surface area contributed by atoms with E-state index in [4.69, 9.17) is 4.98 Å². The number of rotatable bonds is 2. The first kappa shape index (κ1) is 22.4. The predicted octanol–water partition coefficient (Wildman–Crippen LogP) is 10.5. The quantitative estimate of drug-likeness (QED) is 0.207. The molecule has 0 atom stereocenters. The van der Waals surface area contributed by atoms with Gasteiger partial charge >= 0.3 is 0 Å². The van der Waals surface area contributed by atoms with Crippen LogP contribution in [0.2, 0.25) is 0 Å². The van der Waals surface area contributed by atoms with Crippen LogP contribution in [0.1, 0.15) is 0 Å². The van der Waals surface area contributed by atoms with Gasteiger partial charge in [-0.15, -0.1) is 0 Å². The van der Waals surface area contributed by atoms with Crippen molar-refractivity contribution in [3.63, 3.8) is 0 Å². The lowest BCUT2D eigenvalue weighted by Crippen LogP contribution is -1.98. The van der Waals surface area contributed by atoms with Gasteiger partial charge in [-0.1, -0.05) is 109 Å². The molecule has 0 spiro atoms. The SMILES string of the molecule is c1ccc(-c2cccc3nc(-n4c5ccccc5c5cc6c7ccccc7c7ccccc7c6cc54)ccc23)cc1. The number of pyridine rings is 1. The molecule has 0 fully saturated rings. The van der Waals surface area contributed by atoms with Crippen LogP contribution in [0.4, 0.5) is 0 Å². The minimum Gasteiger partial charge on any atom is -0.294 e.